The smallest absolute Gasteiger partial charge is 0.258 e. The number of hydrazine groups is 1. The predicted octanol–water partition coefficient (Wildman–Crippen LogP) is 3.35. The molecule has 4 amide bonds. The topological polar surface area (TPSA) is 125 Å². The maximum absolute atomic E-state index is 13.1. The molecule has 0 bridgehead atoms. The monoisotopic (exact) mass is 541 g/mol. The highest BCUT2D eigenvalue weighted by atomic mass is 16.2. The second-order valence-electron chi connectivity index (χ2n) is 11.1. The van der Waals surface area contributed by atoms with Gasteiger partial charge in [0.2, 0.25) is 17.7 Å². The molecule has 1 aromatic rings. The van der Waals surface area contributed by atoms with Gasteiger partial charge >= 0.3 is 0 Å². The normalized spacial score (nSPS) is 17.3. The highest BCUT2D eigenvalue weighted by molar-refractivity contribution is 5.92. The van der Waals surface area contributed by atoms with Crippen molar-refractivity contribution in [3.05, 3.63) is 41.5 Å². The number of allylic oxidation sites excluding steroid dienone is 1. The van der Waals surface area contributed by atoms with E-state index in [4.69, 9.17) is 5.73 Å². The number of carbonyl (C=O) groups is 4. The minimum atomic E-state index is -0.825. The van der Waals surface area contributed by atoms with Gasteiger partial charge in [0.25, 0.3) is 5.91 Å². The molecule has 3 atom stereocenters. The Kier molecular flexibility index (Phi) is 12.6. The number of rotatable bonds is 13. The van der Waals surface area contributed by atoms with Crippen LogP contribution in [0.1, 0.15) is 90.2 Å². The van der Waals surface area contributed by atoms with Crippen molar-refractivity contribution in [1.29, 1.82) is 0 Å². The number of hydrogen-bond acceptors (Lipinski definition) is 5. The summed E-state index contributed by atoms with van der Waals surface area (Å²) in [7, 11) is 1.64. The fraction of sp³-hybridized carbons (Fsp3) is 0.600. The molecule has 39 heavy (non-hydrogen) atoms. The minimum Gasteiger partial charge on any atom is -0.368 e. The molecule has 1 heterocycles. The minimum absolute atomic E-state index is 0.0987. The number of carbonyl (C=O) groups excluding carboxylic acids is 4. The van der Waals surface area contributed by atoms with Crippen molar-refractivity contribution in [3.63, 3.8) is 0 Å². The van der Waals surface area contributed by atoms with Gasteiger partial charge in [0, 0.05) is 20.0 Å². The Morgan fingerprint density at radius 2 is 1.87 bits per heavy atom. The van der Waals surface area contributed by atoms with Gasteiger partial charge < -0.3 is 16.0 Å². The molecule has 9 nitrogen and oxygen atoms in total. The van der Waals surface area contributed by atoms with Crippen LogP contribution >= 0.6 is 0 Å². The third-order valence-corrected chi connectivity index (χ3v) is 7.13. The summed E-state index contributed by atoms with van der Waals surface area (Å²) < 4.78 is 0. The molecular formula is C30H47N5O4. The second kappa shape index (κ2) is 15.4. The third kappa shape index (κ3) is 9.80. The summed E-state index contributed by atoms with van der Waals surface area (Å²) in [6.07, 6.45) is 8.28. The number of nitrogens with one attached hydrogen (secondary N) is 2. The van der Waals surface area contributed by atoms with Crippen LogP contribution in [-0.4, -0.2) is 65.3 Å². The molecule has 0 aromatic heterocycles. The van der Waals surface area contributed by atoms with Crippen molar-refractivity contribution < 1.29 is 19.2 Å². The average Bonchev–Trinajstić information content (AvgIpc) is 2.89. The number of nitrogens with two attached hydrogens (primary N) is 1. The number of primary amides is 1. The Hall–Kier alpha value is -3.20. The molecule has 1 aromatic carbocycles. The molecule has 1 aliphatic heterocycles. The molecule has 4 N–H and O–H groups in total. The van der Waals surface area contributed by atoms with Crippen LogP contribution in [0.2, 0.25) is 0 Å². The van der Waals surface area contributed by atoms with Crippen LogP contribution < -0.4 is 16.5 Å². The largest absolute Gasteiger partial charge is 0.368 e. The lowest BCUT2D eigenvalue weighted by atomic mass is 10.00. The van der Waals surface area contributed by atoms with E-state index >= 15 is 0 Å². The number of unbranched alkanes of at least 4 members (excludes halogenated alkanes) is 2. The van der Waals surface area contributed by atoms with E-state index in [-0.39, 0.29) is 23.6 Å². The molecule has 0 aliphatic carbocycles. The summed E-state index contributed by atoms with van der Waals surface area (Å²) in [4.78, 5) is 51.9. The molecule has 216 valence electrons. The number of benzene rings is 1. The number of likely N-dealkylation sites (N-methyl/N-ethyl adjacent to an activating group) is 1. The zero-order chi connectivity index (χ0) is 29.1. The lowest BCUT2D eigenvalue weighted by Gasteiger charge is -2.35. The first-order valence-electron chi connectivity index (χ1n) is 14.1. The van der Waals surface area contributed by atoms with Gasteiger partial charge in [-0.25, -0.2) is 5.43 Å². The van der Waals surface area contributed by atoms with E-state index in [0.717, 1.165) is 19.3 Å². The highest BCUT2D eigenvalue weighted by Gasteiger charge is 2.33. The van der Waals surface area contributed by atoms with Crippen LogP contribution in [0.3, 0.4) is 0 Å². The zero-order valence-electron chi connectivity index (χ0n) is 24.4. The Morgan fingerprint density at radius 1 is 1.15 bits per heavy atom. The number of nitrogens with zero attached hydrogens (tertiary/aromatic N) is 2. The zero-order valence-corrected chi connectivity index (χ0v) is 24.4. The number of amides is 4. The van der Waals surface area contributed by atoms with Crippen LogP contribution in [0.15, 0.2) is 30.3 Å². The molecule has 1 fully saturated rings. The van der Waals surface area contributed by atoms with Crippen molar-refractivity contribution in [2.24, 2.45) is 11.7 Å². The summed E-state index contributed by atoms with van der Waals surface area (Å²) >= 11 is 0. The van der Waals surface area contributed by atoms with Gasteiger partial charge in [0.05, 0.1) is 0 Å². The second-order valence-corrected chi connectivity index (χ2v) is 11.1. The first-order chi connectivity index (χ1) is 18.4. The number of hydrogen-bond donors (Lipinski definition) is 3. The van der Waals surface area contributed by atoms with Crippen LogP contribution in [-0.2, 0) is 19.2 Å². The third-order valence-electron chi connectivity index (χ3n) is 7.13. The van der Waals surface area contributed by atoms with Gasteiger partial charge in [-0.2, -0.15) is 0 Å². The Bertz CT molecular complexity index is 1020. The molecule has 0 saturated carbocycles. The fourth-order valence-electron chi connectivity index (χ4n) is 4.78. The van der Waals surface area contributed by atoms with E-state index in [1.807, 2.05) is 13.8 Å². The van der Waals surface area contributed by atoms with Crippen molar-refractivity contribution in [1.82, 2.24) is 20.7 Å². The lowest BCUT2D eigenvalue weighted by molar-refractivity contribution is -0.145. The maximum Gasteiger partial charge on any atom is 0.258 e. The average molecular weight is 542 g/mol. The molecule has 2 rings (SSSR count). The summed E-state index contributed by atoms with van der Waals surface area (Å²) in [5.74, 6) is -0.996. The summed E-state index contributed by atoms with van der Waals surface area (Å²) in [5.41, 5.74) is 10.7. The van der Waals surface area contributed by atoms with Gasteiger partial charge in [-0.15, -0.1) is 0 Å². The molecule has 0 spiro atoms. The molecule has 1 saturated heterocycles. The Morgan fingerprint density at radius 3 is 2.51 bits per heavy atom. The van der Waals surface area contributed by atoms with Crippen LogP contribution in [0.4, 0.5) is 0 Å². The van der Waals surface area contributed by atoms with Gasteiger partial charge in [-0.05, 0) is 62.0 Å². The van der Waals surface area contributed by atoms with E-state index in [1.165, 1.54) is 21.0 Å². The van der Waals surface area contributed by atoms with E-state index in [1.54, 1.807) is 14.0 Å². The molecule has 1 aliphatic rings. The van der Waals surface area contributed by atoms with Crippen LogP contribution in [0, 0.1) is 5.92 Å². The summed E-state index contributed by atoms with van der Waals surface area (Å²) in [6.45, 7) is 10.1. The van der Waals surface area contributed by atoms with Gasteiger partial charge in [-0.3, -0.25) is 24.2 Å². The van der Waals surface area contributed by atoms with Crippen molar-refractivity contribution >= 4 is 29.7 Å². The van der Waals surface area contributed by atoms with E-state index in [2.05, 4.69) is 61.0 Å². The maximum atomic E-state index is 13.1. The fourth-order valence-corrected chi connectivity index (χ4v) is 4.78. The van der Waals surface area contributed by atoms with Crippen molar-refractivity contribution in [2.75, 3.05) is 13.6 Å². The van der Waals surface area contributed by atoms with Crippen molar-refractivity contribution in [2.45, 2.75) is 97.2 Å². The Balaban J connectivity index is 1.83. The summed E-state index contributed by atoms with van der Waals surface area (Å²) in [5, 5.41) is 4.11. The summed E-state index contributed by atoms with van der Waals surface area (Å²) in [6, 6.07) is 6.37. The van der Waals surface area contributed by atoms with Crippen molar-refractivity contribution in [3.8, 4) is 0 Å². The standard InChI is InChI=1S/C30H47N5O4/c1-20(2)24-15-11-14-23(19-24)13-9-7-8-10-17-26(36)34(6)27(21(3)4)29(38)32-22(5)30(39)35-18-12-16-25(33-35)28(31)37/h9,11,13-15,19-22,25,27,33H,7-8,10,12,16-18H2,1-6H3,(H2,31,37)(H,32,38). The van der Waals surface area contributed by atoms with E-state index in [0.29, 0.717) is 31.7 Å². The SMILES string of the molecule is CC(NC(=O)C(C(C)C)N(C)C(=O)CCCCC=Cc1cccc(C(C)C)c1)C(=O)N1CCCC(C(N)=O)N1. The van der Waals surface area contributed by atoms with Gasteiger partial charge in [-0.1, -0.05) is 64.1 Å². The highest BCUT2D eigenvalue weighted by Crippen LogP contribution is 2.17. The lowest BCUT2D eigenvalue weighted by Crippen LogP contribution is -2.61. The van der Waals surface area contributed by atoms with Gasteiger partial charge in [0.1, 0.15) is 18.1 Å². The molecule has 0 radical (unpaired) electrons. The van der Waals surface area contributed by atoms with Crippen LogP contribution in [0.25, 0.3) is 6.08 Å². The molecule has 9 heteroatoms. The van der Waals surface area contributed by atoms with E-state index < -0.39 is 24.0 Å². The quantitative estimate of drug-likeness (QED) is 0.330. The predicted molar refractivity (Wildman–Crippen MR) is 154 cm³/mol. The van der Waals surface area contributed by atoms with Crippen LogP contribution in [0.5, 0.6) is 0 Å². The molecule has 3 unspecified atom stereocenters. The Labute approximate surface area is 233 Å². The first kappa shape index (κ1) is 32.0. The first-order valence-corrected chi connectivity index (χ1v) is 14.1. The van der Waals surface area contributed by atoms with Gasteiger partial charge in [0.15, 0.2) is 0 Å². The van der Waals surface area contributed by atoms with E-state index in [9.17, 15) is 19.2 Å². The molecular weight excluding hydrogens is 494 g/mol.